The molecule has 0 saturated heterocycles. The second kappa shape index (κ2) is 5.31. The van der Waals surface area contributed by atoms with Gasteiger partial charge in [0.2, 0.25) is 5.82 Å². The molecule has 0 aliphatic heterocycles. The van der Waals surface area contributed by atoms with Crippen LogP contribution in [-0.4, -0.2) is 24.7 Å². The van der Waals surface area contributed by atoms with Gasteiger partial charge in [0.1, 0.15) is 5.69 Å². The number of aromatic nitrogens is 5. The minimum Gasteiger partial charge on any atom is -0.351 e. The number of nitrogens with one attached hydrogen (secondary N) is 1. The van der Waals surface area contributed by atoms with Crippen LogP contribution in [0, 0.1) is 0 Å². The monoisotopic (exact) mass is 329 g/mol. The van der Waals surface area contributed by atoms with Gasteiger partial charge in [0.05, 0.1) is 17.4 Å². The lowest BCUT2D eigenvalue weighted by Crippen LogP contribution is -1.90. The van der Waals surface area contributed by atoms with Gasteiger partial charge in [-0.2, -0.15) is 4.98 Å². The van der Waals surface area contributed by atoms with Crippen molar-refractivity contribution in [1.82, 2.24) is 24.7 Å². The molecule has 0 radical (unpaired) electrons. The summed E-state index contributed by atoms with van der Waals surface area (Å²) in [5, 5.41) is 5.24. The van der Waals surface area contributed by atoms with Gasteiger partial charge >= 0.3 is 0 Å². The fraction of sp³-hybridized carbons (Fsp3) is 0.105. The molecule has 122 valence electrons. The molecule has 1 N–H and O–H groups in total. The molecule has 0 spiro atoms. The predicted molar refractivity (Wildman–Crippen MR) is 96.0 cm³/mol. The molecule has 0 atom stereocenters. The number of aryl methyl sites for hydroxylation is 1. The van der Waals surface area contributed by atoms with Crippen molar-refractivity contribution < 1.29 is 4.52 Å². The zero-order valence-corrected chi connectivity index (χ0v) is 13.6. The summed E-state index contributed by atoms with van der Waals surface area (Å²) in [5.74, 6) is 1.03. The van der Waals surface area contributed by atoms with Crippen LogP contribution in [0.5, 0.6) is 0 Å². The third-order valence-electron chi connectivity index (χ3n) is 4.41. The number of hydrogen-bond donors (Lipinski definition) is 1. The van der Waals surface area contributed by atoms with Gasteiger partial charge in [0, 0.05) is 23.0 Å². The Morgan fingerprint density at radius 2 is 2.04 bits per heavy atom. The molecule has 0 aliphatic rings. The summed E-state index contributed by atoms with van der Waals surface area (Å²) in [7, 11) is 0. The summed E-state index contributed by atoms with van der Waals surface area (Å²) in [6, 6.07) is 16.1. The third kappa shape index (κ3) is 2.22. The highest BCUT2D eigenvalue weighted by atomic mass is 16.5. The topological polar surface area (TPSA) is 72.5 Å². The Hall–Kier alpha value is -3.41. The molecule has 0 amide bonds. The molecule has 0 bridgehead atoms. The van der Waals surface area contributed by atoms with E-state index in [4.69, 9.17) is 4.52 Å². The predicted octanol–water partition coefficient (Wildman–Crippen LogP) is 4.25. The van der Waals surface area contributed by atoms with Crippen molar-refractivity contribution in [3.8, 4) is 23.0 Å². The molecule has 5 aromatic rings. The Morgan fingerprint density at radius 1 is 1.12 bits per heavy atom. The van der Waals surface area contributed by atoms with Gasteiger partial charge in [-0.3, -0.25) is 0 Å². The molecule has 0 saturated carbocycles. The number of rotatable bonds is 3. The number of hydrogen-bond acceptors (Lipinski definition) is 4. The average molecular weight is 329 g/mol. The number of imidazole rings is 1. The van der Waals surface area contributed by atoms with Crippen LogP contribution in [0.25, 0.3) is 44.9 Å². The normalized spacial score (nSPS) is 11.6. The lowest BCUT2D eigenvalue weighted by molar-refractivity contribution is 0.431. The highest BCUT2D eigenvalue weighted by Crippen LogP contribution is 2.26. The first-order chi connectivity index (χ1) is 12.3. The number of benzene rings is 2. The van der Waals surface area contributed by atoms with Crippen LogP contribution >= 0.6 is 0 Å². The standard InChI is InChI=1S/C19H15N5O/c1-2-24-11-20-15-10-13(7-8-17(15)24)18-22-19(25-23-18)16-9-12-5-3-4-6-14(12)21-16/h3-11,21H,2H2,1H3. The quantitative estimate of drug-likeness (QED) is 0.537. The molecule has 2 aromatic carbocycles. The van der Waals surface area contributed by atoms with Crippen LogP contribution in [-0.2, 0) is 6.54 Å². The summed E-state index contributed by atoms with van der Waals surface area (Å²) >= 11 is 0. The van der Waals surface area contributed by atoms with Gasteiger partial charge in [-0.25, -0.2) is 4.98 Å². The van der Waals surface area contributed by atoms with Crippen molar-refractivity contribution in [3.63, 3.8) is 0 Å². The van der Waals surface area contributed by atoms with Gasteiger partial charge in [0.15, 0.2) is 0 Å². The van der Waals surface area contributed by atoms with Crippen molar-refractivity contribution in [2.24, 2.45) is 0 Å². The molecule has 6 nitrogen and oxygen atoms in total. The van der Waals surface area contributed by atoms with Crippen LogP contribution in [0.3, 0.4) is 0 Å². The SMILES string of the molecule is CCn1cnc2cc(-c3noc(-c4cc5ccccc5[nH]4)n3)ccc21. The summed E-state index contributed by atoms with van der Waals surface area (Å²) in [6.07, 6.45) is 1.85. The van der Waals surface area contributed by atoms with Crippen molar-refractivity contribution in [3.05, 3.63) is 54.9 Å². The zero-order chi connectivity index (χ0) is 16.8. The van der Waals surface area contributed by atoms with E-state index in [0.717, 1.165) is 39.7 Å². The second-order valence-electron chi connectivity index (χ2n) is 5.93. The minimum atomic E-state index is 0.477. The maximum absolute atomic E-state index is 5.46. The highest BCUT2D eigenvalue weighted by Gasteiger charge is 2.14. The summed E-state index contributed by atoms with van der Waals surface area (Å²) in [4.78, 5) is 12.3. The van der Waals surface area contributed by atoms with Gasteiger partial charge in [-0.05, 0) is 37.3 Å². The third-order valence-corrected chi connectivity index (χ3v) is 4.41. The van der Waals surface area contributed by atoms with Crippen LogP contribution in [0.2, 0.25) is 0 Å². The van der Waals surface area contributed by atoms with Crippen molar-refractivity contribution >= 4 is 21.9 Å². The van der Waals surface area contributed by atoms with E-state index in [0.29, 0.717) is 11.7 Å². The first-order valence-corrected chi connectivity index (χ1v) is 8.19. The lowest BCUT2D eigenvalue weighted by atomic mass is 10.2. The smallest absolute Gasteiger partial charge is 0.274 e. The van der Waals surface area contributed by atoms with Crippen LogP contribution in [0.4, 0.5) is 0 Å². The number of para-hydroxylation sites is 1. The lowest BCUT2D eigenvalue weighted by Gasteiger charge is -1.99. The summed E-state index contributed by atoms with van der Waals surface area (Å²) in [5.41, 5.74) is 4.78. The first kappa shape index (κ1) is 14.0. The zero-order valence-electron chi connectivity index (χ0n) is 13.6. The molecule has 0 fully saturated rings. The fourth-order valence-electron chi connectivity index (χ4n) is 3.09. The Kier molecular flexibility index (Phi) is 2.97. The van der Waals surface area contributed by atoms with Gasteiger partial charge < -0.3 is 14.1 Å². The number of aromatic amines is 1. The molecule has 0 aliphatic carbocycles. The second-order valence-corrected chi connectivity index (χ2v) is 5.93. The largest absolute Gasteiger partial charge is 0.351 e. The Bertz CT molecular complexity index is 1160. The first-order valence-electron chi connectivity index (χ1n) is 8.19. The van der Waals surface area contributed by atoms with E-state index < -0.39 is 0 Å². The molecule has 3 aromatic heterocycles. The average Bonchev–Trinajstić information content (AvgIpc) is 3.37. The van der Waals surface area contributed by atoms with E-state index >= 15 is 0 Å². The molecule has 5 rings (SSSR count). The number of nitrogens with zero attached hydrogens (tertiary/aromatic N) is 4. The van der Waals surface area contributed by atoms with Crippen LogP contribution in [0.15, 0.2) is 59.4 Å². The molecule has 25 heavy (non-hydrogen) atoms. The van der Waals surface area contributed by atoms with E-state index in [1.165, 1.54) is 0 Å². The Labute approximate surface area is 143 Å². The number of H-pyrrole nitrogens is 1. The summed E-state index contributed by atoms with van der Waals surface area (Å²) < 4.78 is 7.56. The van der Waals surface area contributed by atoms with E-state index in [9.17, 15) is 0 Å². The fourth-order valence-corrected chi connectivity index (χ4v) is 3.09. The number of fused-ring (bicyclic) bond motifs is 2. The van der Waals surface area contributed by atoms with E-state index in [2.05, 4.69) is 31.6 Å². The van der Waals surface area contributed by atoms with Gasteiger partial charge in [-0.15, -0.1) is 0 Å². The molecule has 6 heteroatoms. The molecule has 3 heterocycles. The maximum atomic E-state index is 5.46. The molecular formula is C19H15N5O. The van der Waals surface area contributed by atoms with Crippen molar-refractivity contribution in [1.29, 1.82) is 0 Å². The summed E-state index contributed by atoms with van der Waals surface area (Å²) in [6.45, 7) is 2.99. The maximum Gasteiger partial charge on any atom is 0.274 e. The molecular weight excluding hydrogens is 314 g/mol. The van der Waals surface area contributed by atoms with Crippen molar-refractivity contribution in [2.75, 3.05) is 0 Å². The van der Waals surface area contributed by atoms with Crippen LogP contribution < -0.4 is 0 Å². The molecule has 0 unspecified atom stereocenters. The Balaban J connectivity index is 1.55. The van der Waals surface area contributed by atoms with E-state index in [1.54, 1.807) is 0 Å². The van der Waals surface area contributed by atoms with E-state index in [1.807, 2.05) is 54.9 Å². The van der Waals surface area contributed by atoms with Crippen LogP contribution in [0.1, 0.15) is 6.92 Å². The highest BCUT2D eigenvalue weighted by molar-refractivity contribution is 5.85. The Morgan fingerprint density at radius 3 is 2.92 bits per heavy atom. The van der Waals surface area contributed by atoms with Gasteiger partial charge in [0.25, 0.3) is 5.89 Å². The van der Waals surface area contributed by atoms with Crippen molar-refractivity contribution in [2.45, 2.75) is 13.5 Å². The van der Waals surface area contributed by atoms with Gasteiger partial charge in [-0.1, -0.05) is 23.4 Å². The van der Waals surface area contributed by atoms with E-state index in [-0.39, 0.29) is 0 Å². The minimum absolute atomic E-state index is 0.477.